The minimum Gasteiger partial charge on any atom is -0.481 e. The van der Waals surface area contributed by atoms with E-state index in [-0.39, 0.29) is 10.3 Å². The van der Waals surface area contributed by atoms with Crippen LogP contribution in [0.4, 0.5) is 0 Å². The van der Waals surface area contributed by atoms with Crippen molar-refractivity contribution in [3.8, 4) is 11.5 Å². The van der Waals surface area contributed by atoms with Gasteiger partial charge in [0.25, 0.3) is 0 Å². The average Bonchev–Trinajstić information content (AvgIpc) is 3.35. The summed E-state index contributed by atoms with van der Waals surface area (Å²) in [6.45, 7) is 2.37. The highest BCUT2D eigenvalue weighted by Crippen LogP contribution is 2.34. The van der Waals surface area contributed by atoms with Crippen LogP contribution in [0, 0.1) is 5.92 Å². The number of nitrogens with one attached hydrogen (secondary N) is 1. The molecule has 2 aromatic heterocycles. The van der Waals surface area contributed by atoms with Gasteiger partial charge in [0.15, 0.2) is 14.9 Å². The third-order valence-electron chi connectivity index (χ3n) is 5.03. The van der Waals surface area contributed by atoms with Gasteiger partial charge in [-0.05, 0) is 42.8 Å². The van der Waals surface area contributed by atoms with Gasteiger partial charge in [0, 0.05) is 22.4 Å². The summed E-state index contributed by atoms with van der Waals surface area (Å²) in [5.41, 5.74) is 1.75. The highest BCUT2D eigenvalue weighted by Gasteiger charge is 2.32. The molecule has 2 N–H and O–H groups in total. The second kappa shape index (κ2) is 8.35. The number of rotatable bonds is 7. The lowest BCUT2D eigenvalue weighted by Crippen LogP contribution is -2.26. The van der Waals surface area contributed by atoms with Gasteiger partial charge in [0.05, 0.1) is 24.4 Å². The molecule has 0 fully saturated rings. The summed E-state index contributed by atoms with van der Waals surface area (Å²) in [6.07, 6.45) is 3.05. The maximum absolute atomic E-state index is 11.5. The van der Waals surface area contributed by atoms with E-state index in [1.165, 1.54) is 24.0 Å². The summed E-state index contributed by atoms with van der Waals surface area (Å²) in [5.74, 6) is -0.185. The normalized spacial score (nSPS) is 17.5. The van der Waals surface area contributed by atoms with Gasteiger partial charge in [0.2, 0.25) is 0 Å². The first kappa shape index (κ1) is 21.4. The lowest BCUT2D eigenvalue weighted by Gasteiger charge is -2.15. The lowest BCUT2D eigenvalue weighted by atomic mass is 10.0. The molecular weight excluding hydrogens is 438 g/mol. The molecule has 2 unspecified atom stereocenters. The maximum Gasteiger partial charge on any atom is 0.307 e. The van der Waals surface area contributed by atoms with E-state index < -0.39 is 21.7 Å². The van der Waals surface area contributed by atoms with Crippen LogP contribution in [0.25, 0.3) is 10.9 Å². The number of carboxylic acids is 1. The molecule has 2 atom stereocenters. The first-order valence-corrected chi connectivity index (χ1v) is 12.4. The quantitative estimate of drug-likeness (QED) is 0.552. The zero-order chi connectivity index (χ0) is 22.2. The molecule has 8 nitrogen and oxygen atoms in total. The number of ether oxygens (including phenoxy) is 1. The van der Waals surface area contributed by atoms with Crippen molar-refractivity contribution in [2.24, 2.45) is 10.9 Å². The number of carboxylic acid groups (broad SMARTS) is 1. The Labute approximate surface area is 183 Å². The number of H-pyrrole nitrogens is 1. The number of aliphatic imine (C=N–C) groups is 1. The van der Waals surface area contributed by atoms with E-state index in [1.54, 1.807) is 12.1 Å². The molecule has 0 saturated carbocycles. The molecular formula is C21H21N3O5S2. The van der Waals surface area contributed by atoms with Crippen molar-refractivity contribution < 1.29 is 23.1 Å². The number of aliphatic carboxylic acids is 1. The van der Waals surface area contributed by atoms with Crippen LogP contribution in [0.1, 0.15) is 19.0 Å². The number of nitrogens with zero attached hydrogens (tertiary/aromatic N) is 2. The van der Waals surface area contributed by atoms with Crippen molar-refractivity contribution in [2.45, 2.75) is 23.6 Å². The highest BCUT2D eigenvalue weighted by atomic mass is 32.2. The predicted octanol–water partition coefficient (Wildman–Crippen LogP) is 3.73. The molecule has 1 aliphatic heterocycles. The third kappa shape index (κ3) is 4.59. The van der Waals surface area contributed by atoms with Crippen molar-refractivity contribution in [1.29, 1.82) is 0 Å². The summed E-state index contributed by atoms with van der Waals surface area (Å²) >= 11 is 1.50. The van der Waals surface area contributed by atoms with Crippen LogP contribution < -0.4 is 4.74 Å². The van der Waals surface area contributed by atoms with Gasteiger partial charge in [-0.2, -0.15) is 0 Å². The van der Waals surface area contributed by atoms with E-state index in [1.807, 2.05) is 25.1 Å². The molecule has 0 bridgehead atoms. The van der Waals surface area contributed by atoms with E-state index in [2.05, 4.69) is 15.0 Å². The maximum atomic E-state index is 11.5. The van der Waals surface area contributed by atoms with Crippen molar-refractivity contribution in [1.82, 2.24) is 9.97 Å². The van der Waals surface area contributed by atoms with Crippen molar-refractivity contribution in [3.63, 3.8) is 0 Å². The number of hydrogen-bond acceptors (Lipinski definition) is 7. The number of pyridine rings is 1. The van der Waals surface area contributed by atoms with Crippen molar-refractivity contribution in [3.05, 3.63) is 48.3 Å². The van der Waals surface area contributed by atoms with E-state index >= 15 is 0 Å². The molecule has 10 heteroatoms. The van der Waals surface area contributed by atoms with Crippen LogP contribution in [-0.2, 0) is 14.6 Å². The molecule has 3 heterocycles. The molecule has 162 valence electrons. The number of benzene rings is 1. The van der Waals surface area contributed by atoms with E-state index in [9.17, 15) is 18.3 Å². The number of hydrogen-bond donors (Lipinski definition) is 2. The third-order valence-corrected chi connectivity index (χ3v) is 7.38. The largest absolute Gasteiger partial charge is 0.481 e. The van der Waals surface area contributed by atoms with Crippen LogP contribution in [-0.4, -0.2) is 52.6 Å². The Morgan fingerprint density at radius 2 is 2.06 bits per heavy atom. The molecule has 3 aromatic rings. The zero-order valence-electron chi connectivity index (χ0n) is 16.9. The Hall–Kier alpha value is -2.85. The summed E-state index contributed by atoms with van der Waals surface area (Å²) in [4.78, 5) is 23.2. The lowest BCUT2D eigenvalue weighted by molar-refractivity contribution is -0.141. The van der Waals surface area contributed by atoms with Gasteiger partial charge in [-0.1, -0.05) is 18.7 Å². The van der Waals surface area contributed by atoms with Crippen LogP contribution in [0.15, 0.2) is 52.6 Å². The van der Waals surface area contributed by atoms with E-state index in [4.69, 9.17) is 4.74 Å². The summed E-state index contributed by atoms with van der Waals surface area (Å²) in [7, 11) is -3.36. The minimum absolute atomic E-state index is 0.00747. The Bertz CT molecular complexity index is 1270. The minimum atomic E-state index is -3.36. The highest BCUT2D eigenvalue weighted by molar-refractivity contribution is 8.15. The molecule has 0 spiro atoms. The molecule has 0 saturated heterocycles. The summed E-state index contributed by atoms with van der Waals surface area (Å²) < 4.78 is 28.8. The molecule has 0 amide bonds. The van der Waals surface area contributed by atoms with Gasteiger partial charge >= 0.3 is 5.97 Å². The van der Waals surface area contributed by atoms with Gasteiger partial charge in [-0.3, -0.25) is 9.79 Å². The van der Waals surface area contributed by atoms with Crippen LogP contribution in [0.5, 0.6) is 11.5 Å². The number of aromatic amines is 1. The smallest absolute Gasteiger partial charge is 0.307 e. The number of fused-ring (bicyclic) bond motifs is 1. The van der Waals surface area contributed by atoms with Gasteiger partial charge in [-0.25, -0.2) is 13.4 Å². The first-order chi connectivity index (χ1) is 14.7. The first-order valence-electron chi connectivity index (χ1n) is 9.65. The van der Waals surface area contributed by atoms with Gasteiger partial charge < -0.3 is 14.8 Å². The topological polar surface area (TPSA) is 122 Å². The van der Waals surface area contributed by atoms with Crippen LogP contribution in [0.2, 0.25) is 0 Å². The molecule has 31 heavy (non-hydrogen) atoms. The monoisotopic (exact) mass is 459 g/mol. The summed E-state index contributed by atoms with van der Waals surface area (Å²) in [5, 5.41) is 11.0. The van der Waals surface area contributed by atoms with Gasteiger partial charge in [0.1, 0.15) is 16.5 Å². The Balaban J connectivity index is 1.51. The van der Waals surface area contributed by atoms with Crippen molar-refractivity contribution in [2.75, 3.05) is 12.8 Å². The Kier molecular flexibility index (Phi) is 5.76. The molecule has 1 aromatic carbocycles. The second-order valence-electron chi connectivity index (χ2n) is 7.29. The fourth-order valence-corrected chi connectivity index (χ4v) is 5.27. The number of carbonyl (C=O) groups is 1. The second-order valence-corrected chi connectivity index (χ2v) is 10.5. The Morgan fingerprint density at radius 1 is 1.29 bits per heavy atom. The number of sulfone groups is 1. The number of aromatic nitrogens is 2. The fraction of sp³-hybridized carbons (Fsp3) is 0.286. The zero-order valence-corrected chi connectivity index (χ0v) is 18.5. The Morgan fingerprint density at radius 3 is 2.71 bits per heavy atom. The molecule has 4 rings (SSSR count). The van der Waals surface area contributed by atoms with E-state index in [0.717, 1.165) is 27.9 Å². The van der Waals surface area contributed by atoms with Crippen molar-refractivity contribution >= 4 is 43.5 Å². The average molecular weight is 460 g/mol. The SMILES string of the molecule is CCC(C(=O)O)C1CN=C(c2cc3cc(Oc4ccc(S(C)(=O)=O)nc4)ccc3[nH]2)S1. The standard InChI is InChI=1S/C21H21N3O5S2/c1-3-15(21(25)26)18-11-23-20(30-18)17-9-12-8-13(4-6-16(12)24-17)29-14-5-7-19(22-10-14)31(2,27)28/h4-10,15,18,24H,3,11H2,1-2H3,(H,25,26). The van der Waals surface area contributed by atoms with Crippen LogP contribution in [0.3, 0.4) is 0 Å². The number of thioether (sulfide) groups is 1. The fourth-order valence-electron chi connectivity index (χ4n) is 3.42. The summed E-state index contributed by atoms with van der Waals surface area (Å²) in [6, 6.07) is 10.5. The molecule has 0 aliphatic carbocycles. The van der Waals surface area contributed by atoms with E-state index in [0.29, 0.717) is 24.5 Å². The van der Waals surface area contributed by atoms with Crippen LogP contribution >= 0.6 is 11.8 Å². The predicted molar refractivity (Wildman–Crippen MR) is 120 cm³/mol. The molecule has 1 aliphatic rings. The molecule has 0 radical (unpaired) electrons. The van der Waals surface area contributed by atoms with Gasteiger partial charge in [-0.15, -0.1) is 0 Å².